The van der Waals surface area contributed by atoms with Crippen molar-refractivity contribution in [2.75, 3.05) is 0 Å². The van der Waals surface area contributed by atoms with Gasteiger partial charge in [0.15, 0.2) is 0 Å². The summed E-state index contributed by atoms with van der Waals surface area (Å²) in [7, 11) is 0. The minimum atomic E-state index is 0.0705. The van der Waals surface area contributed by atoms with Crippen LogP contribution in [0, 0.1) is 27.7 Å². The molecule has 1 atom stereocenters. The molecule has 0 aliphatic heterocycles. The van der Waals surface area contributed by atoms with Crippen molar-refractivity contribution in [2.45, 2.75) is 40.2 Å². The van der Waals surface area contributed by atoms with Crippen molar-refractivity contribution < 1.29 is 0 Å². The van der Waals surface area contributed by atoms with E-state index in [-0.39, 0.29) is 6.04 Å². The monoisotopic (exact) mass is 253 g/mol. The van der Waals surface area contributed by atoms with E-state index >= 15 is 0 Å². The second-order valence-corrected chi connectivity index (χ2v) is 5.59. The summed E-state index contributed by atoms with van der Waals surface area (Å²) in [4.78, 5) is 0. The van der Waals surface area contributed by atoms with Gasteiger partial charge < -0.3 is 5.73 Å². The average molecular weight is 253 g/mol. The van der Waals surface area contributed by atoms with Gasteiger partial charge in [0.1, 0.15) is 0 Å². The highest BCUT2D eigenvalue weighted by Gasteiger charge is 2.11. The molecule has 0 radical (unpaired) electrons. The fourth-order valence-electron chi connectivity index (χ4n) is 2.59. The zero-order chi connectivity index (χ0) is 14.0. The van der Waals surface area contributed by atoms with Crippen molar-refractivity contribution in [3.05, 3.63) is 69.8 Å². The second kappa shape index (κ2) is 5.58. The molecule has 0 aliphatic carbocycles. The van der Waals surface area contributed by atoms with Crippen LogP contribution >= 0.6 is 0 Å². The molecule has 0 aliphatic rings. The lowest BCUT2D eigenvalue weighted by Gasteiger charge is -2.17. The molecule has 0 saturated carbocycles. The lowest BCUT2D eigenvalue weighted by molar-refractivity contribution is 0.715. The Morgan fingerprint density at radius 3 is 2.26 bits per heavy atom. The van der Waals surface area contributed by atoms with Crippen molar-refractivity contribution >= 4 is 0 Å². The smallest absolute Gasteiger partial charge is 0.0338 e. The molecular weight excluding hydrogens is 230 g/mol. The Labute approximate surface area is 116 Å². The van der Waals surface area contributed by atoms with E-state index in [1.807, 2.05) is 0 Å². The van der Waals surface area contributed by atoms with Gasteiger partial charge in [-0.05, 0) is 61.9 Å². The molecule has 1 heteroatoms. The van der Waals surface area contributed by atoms with Crippen LogP contribution in [0.15, 0.2) is 36.4 Å². The highest BCUT2D eigenvalue weighted by atomic mass is 14.6. The maximum Gasteiger partial charge on any atom is 0.0338 e. The third kappa shape index (κ3) is 3.24. The first-order chi connectivity index (χ1) is 8.97. The summed E-state index contributed by atoms with van der Waals surface area (Å²) in [5.41, 5.74) is 14.2. The predicted octanol–water partition coefficient (Wildman–Crippen LogP) is 4.16. The van der Waals surface area contributed by atoms with E-state index in [0.29, 0.717) is 0 Å². The first-order valence-electron chi connectivity index (χ1n) is 6.86. The Balaban J connectivity index is 2.25. The standard InChI is InChI=1S/C18H23N/c1-12-6-5-7-16(8-12)11-18(19)17-10-14(3)13(2)9-15(17)4/h5-10,18H,11,19H2,1-4H3. The summed E-state index contributed by atoms with van der Waals surface area (Å²) in [5.74, 6) is 0. The van der Waals surface area contributed by atoms with Crippen molar-refractivity contribution in [1.82, 2.24) is 0 Å². The molecule has 0 fully saturated rings. The van der Waals surface area contributed by atoms with Gasteiger partial charge in [0.05, 0.1) is 0 Å². The highest BCUT2D eigenvalue weighted by molar-refractivity contribution is 5.39. The summed E-state index contributed by atoms with van der Waals surface area (Å²) in [6.07, 6.45) is 0.894. The SMILES string of the molecule is Cc1cccc(CC(N)c2cc(C)c(C)cc2C)c1. The maximum atomic E-state index is 6.40. The molecule has 0 heterocycles. The number of hydrogen-bond donors (Lipinski definition) is 1. The molecular formula is C18H23N. The van der Waals surface area contributed by atoms with Gasteiger partial charge in [0.2, 0.25) is 0 Å². The van der Waals surface area contributed by atoms with E-state index in [1.54, 1.807) is 0 Å². The third-order valence-electron chi connectivity index (χ3n) is 3.82. The fraction of sp³-hybridized carbons (Fsp3) is 0.333. The molecule has 2 rings (SSSR count). The quantitative estimate of drug-likeness (QED) is 0.873. The Morgan fingerprint density at radius 1 is 0.895 bits per heavy atom. The molecule has 100 valence electrons. The third-order valence-corrected chi connectivity index (χ3v) is 3.82. The summed E-state index contributed by atoms with van der Waals surface area (Å²) in [6, 6.07) is 13.1. The number of hydrogen-bond acceptors (Lipinski definition) is 1. The molecule has 0 aromatic heterocycles. The summed E-state index contributed by atoms with van der Waals surface area (Å²) in [6.45, 7) is 8.57. The van der Waals surface area contributed by atoms with Gasteiger partial charge in [-0.25, -0.2) is 0 Å². The zero-order valence-electron chi connectivity index (χ0n) is 12.3. The Bertz CT molecular complexity index is 584. The molecule has 0 bridgehead atoms. The fourth-order valence-corrected chi connectivity index (χ4v) is 2.59. The second-order valence-electron chi connectivity index (χ2n) is 5.59. The van der Waals surface area contributed by atoms with E-state index in [1.165, 1.54) is 33.4 Å². The lowest BCUT2D eigenvalue weighted by Crippen LogP contribution is -2.15. The van der Waals surface area contributed by atoms with Gasteiger partial charge in [0, 0.05) is 6.04 Å². The summed E-state index contributed by atoms with van der Waals surface area (Å²) < 4.78 is 0. The molecule has 0 amide bonds. The van der Waals surface area contributed by atoms with Crippen LogP contribution in [0.25, 0.3) is 0 Å². The zero-order valence-corrected chi connectivity index (χ0v) is 12.3. The number of rotatable bonds is 3. The Kier molecular flexibility index (Phi) is 4.06. The van der Waals surface area contributed by atoms with Crippen LogP contribution in [0.5, 0.6) is 0 Å². The predicted molar refractivity (Wildman–Crippen MR) is 82.5 cm³/mol. The van der Waals surface area contributed by atoms with Crippen LogP contribution in [-0.2, 0) is 6.42 Å². The van der Waals surface area contributed by atoms with Crippen LogP contribution in [0.4, 0.5) is 0 Å². The number of nitrogens with two attached hydrogens (primary N) is 1. The van der Waals surface area contributed by atoms with Gasteiger partial charge in [-0.3, -0.25) is 0 Å². The molecule has 1 nitrogen and oxygen atoms in total. The minimum Gasteiger partial charge on any atom is -0.324 e. The number of benzene rings is 2. The highest BCUT2D eigenvalue weighted by Crippen LogP contribution is 2.23. The van der Waals surface area contributed by atoms with Crippen molar-refractivity contribution in [1.29, 1.82) is 0 Å². The van der Waals surface area contributed by atoms with Gasteiger partial charge in [-0.2, -0.15) is 0 Å². The molecule has 0 saturated heterocycles. The van der Waals surface area contributed by atoms with E-state index in [0.717, 1.165) is 6.42 Å². The largest absolute Gasteiger partial charge is 0.324 e. The van der Waals surface area contributed by atoms with Gasteiger partial charge in [-0.1, -0.05) is 42.0 Å². The van der Waals surface area contributed by atoms with Gasteiger partial charge >= 0.3 is 0 Å². The Hall–Kier alpha value is -1.60. The summed E-state index contributed by atoms with van der Waals surface area (Å²) in [5, 5.41) is 0. The molecule has 2 aromatic rings. The van der Waals surface area contributed by atoms with Crippen LogP contribution in [0.3, 0.4) is 0 Å². The summed E-state index contributed by atoms with van der Waals surface area (Å²) >= 11 is 0. The van der Waals surface area contributed by atoms with Crippen molar-refractivity contribution in [3.8, 4) is 0 Å². The van der Waals surface area contributed by atoms with Crippen LogP contribution in [0.2, 0.25) is 0 Å². The molecule has 2 aromatic carbocycles. The lowest BCUT2D eigenvalue weighted by atomic mass is 9.92. The molecule has 19 heavy (non-hydrogen) atoms. The van der Waals surface area contributed by atoms with Crippen LogP contribution in [0.1, 0.15) is 39.4 Å². The maximum absolute atomic E-state index is 6.40. The number of aryl methyl sites for hydroxylation is 4. The van der Waals surface area contributed by atoms with Crippen LogP contribution in [-0.4, -0.2) is 0 Å². The minimum absolute atomic E-state index is 0.0705. The van der Waals surface area contributed by atoms with E-state index in [2.05, 4.69) is 64.1 Å². The first-order valence-corrected chi connectivity index (χ1v) is 6.86. The van der Waals surface area contributed by atoms with E-state index in [9.17, 15) is 0 Å². The normalized spacial score (nSPS) is 12.5. The van der Waals surface area contributed by atoms with Gasteiger partial charge in [-0.15, -0.1) is 0 Å². The van der Waals surface area contributed by atoms with E-state index in [4.69, 9.17) is 5.73 Å². The molecule has 2 N–H and O–H groups in total. The topological polar surface area (TPSA) is 26.0 Å². The van der Waals surface area contributed by atoms with E-state index < -0.39 is 0 Å². The van der Waals surface area contributed by atoms with Crippen molar-refractivity contribution in [2.24, 2.45) is 5.73 Å². The van der Waals surface area contributed by atoms with Crippen LogP contribution < -0.4 is 5.73 Å². The Morgan fingerprint density at radius 2 is 1.58 bits per heavy atom. The first kappa shape index (κ1) is 13.8. The van der Waals surface area contributed by atoms with Crippen molar-refractivity contribution in [3.63, 3.8) is 0 Å². The average Bonchev–Trinajstić information content (AvgIpc) is 2.33. The molecule has 1 unspecified atom stereocenters. The van der Waals surface area contributed by atoms with Gasteiger partial charge in [0.25, 0.3) is 0 Å². The molecule has 0 spiro atoms.